The molecule has 1 unspecified atom stereocenters. The van der Waals surface area contributed by atoms with Crippen LogP contribution in [0, 0.1) is 6.92 Å². The molecule has 5 nitrogen and oxygen atoms in total. The highest BCUT2D eigenvalue weighted by molar-refractivity contribution is 6.54. The second-order valence-electron chi connectivity index (χ2n) is 8.34. The molecule has 6 heteroatoms. The zero-order valence-corrected chi connectivity index (χ0v) is 16.2. The molecule has 1 aromatic rings. The first kappa shape index (κ1) is 17.5. The third kappa shape index (κ3) is 3.36. The van der Waals surface area contributed by atoms with Crippen molar-refractivity contribution >= 4 is 13.1 Å². The van der Waals surface area contributed by atoms with E-state index in [9.17, 15) is 0 Å². The first-order valence-corrected chi connectivity index (χ1v) is 9.27. The van der Waals surface area contributed by atoms with Gasteiger partial charge in [-0.25, -0.2) is 9.97 Å². The molecule has 26 heavy (non-hydrogen) atoms. The quantitative estimate of drug-likeness (QED) is 0.837. The van der Waals surface area contributed by atoms with E-state index in [4.69, 9.17) is 9.31 Å². The van der Waals surface area contributed by atoms with E-state index < -0.39 is 0 Å². The Hall–Kier alpha value is -1.92. The molecule has 3 aliphatic rings. The third-order valence-electron chi connectivity index (χ3n) is 5.62. The molecular weight excluding hydrogens is 325 g/mol. The van der Waals surface area contributed by atoms with Crippen LogP contribution in [0.2, 0.25) is 0 Å². The van der Waals surface area contributed by atoms with Crippen molar-refractivity contribution in [3.63, 3.8) is 0 Å². The maximum absolute atomic E-state index is 6.27. The lowest BCUT2D eigenvalue weighted by Gasteiger charge is -2.32. The van der Waals surface area contributed by atoms with Crippen molar-refractivity contribution in [1.82, 2.24) is 9.97 Å². The Morgan fingerprint density at radius 1 is 1.19 bits per heavy atom. The van der Waals surface area contributed by atoms with Gasteiger partial charge in [0.25, 0.3) is 0 Å². The molecule has 0 bridgehead atoms. The maximum atomic E-state index is 6.27. The van der Waals surface area contributed by atoms with Crippen LogP contribution in [0.4, 0.5) is 5.95 Å². The molecule has 1 saturated heterocycles. The monoisotopic (exact) mass is 351 g/mol. The number of hydrogen-bond acceptors (Lipinski definition) is 5. The maximum Gasteiger partial charge on any atom is 0.490 e. The van der Waals surface area contributed by atoms with Crippen LogP contribution in [0.3, 0.4) is 0 Å². The highest BCUT2D eigenvalue weighted by atomic mass is 16.7. The van der Waals surface area contributed by atoms with Gasteiger partial charge in [0.05, 0.1) is 17.2 Å². The summed E-state index contributed by atoms with van der Waals surface area (Å²) in [7, 11) is -0.314. The Bertz CT molecular complexity index is 810. The number of aromatic nitrogens is 2. The normalized spacial score (nSPS) is 26.1. The molecule has 2 heterocycles. The van der Waals surface area contributed by atoms with Crippen molar-refractivity contribution < 1.29 is 9.31 Å². The third-order valence-corrected chi connectivity index (χ3v) is 5.62. The smallest absolute Gasteiger partial charge is 0.400 e. The molecule has 1 N–H and O–H groups in total. The van der Waals surface area contributed by atoms with E-state index in [2.05, 4.69) is 61.2 Å². The van der Waals surface area contributed by atoms with E-state index in [0.717, 1.165) is 18.5 Å². The van der Waals surface area contributed by atoms with Crippen molar-refractivity contribution in [1.29, 1.82) is 0 Å². The number of rotatable bonds is 4. The summed E-state index contributed by atoms with van der Waals surface area (Å²) in [4.78, 5) is 8.81. The highest BCUT2D eigenvalue weighted by Gasteiger charge is 2.52. The SMILES string of the molecule is Cc1ccnc(NC2C=C(C3=CC3)C=C(B3OC(C)(C)C(C)(C)O3)C2)n1. The average Bonchev–Trinajstić information content (AvgIpc) is 3.35. The second kappa shape index (κ2) is 6.07. The minimum absolute atomic E-state index is 0.118. The summed E-state index contributed by atoms with van der Waals surface area (Å²) in [6, 6.07) is 2.02. The van der Waals surface area contributed by atoms with Crippen molar-refractivity contribution in [2.45, 2.75) is 64.7 Å². The van der Waals surface area contributed by atoms with E-state index in [-0.39, 0.29) is 24.4 Å². The molecular formula is C20H26BN3O2. The summed E-state index contributed by atoms with van der Waals surface area (Å²) in [5.74, 6) is 0.658. The molecule has 0 aromatic carbocycles. The van der Waals surface area contributed by atoms with Crippen LogP contribution in [0.5, 0.6) is 0 Å². The van der Waals surface area contributed by atoms with E-state index in [1.54, 1.807) is 6.20 Å². The topological polar surface area (TPSA) is 56.3 Å². The van der Waals surface area contributed by atoms with Gasteiger partial charge in [0.1, 0.15) is 0 Å². The van der Waals surface area contributed by atoms with Crippen LogP contribution in [0.15, 0.2) is 47.1 Å². The molecule has 0 saturated carbocycles. The summed E-state index contributed by atoms with van der Waals surface area (Å²) < 4.78 is 12.5. The molecule has 0 amide bonds. The van der Waals surface area contributed by atoms with Crippen LogP contribution in [-0.2, 0) is 9.31 Å². The summed E-state index contributed by atoms with van der Waals surface area (Å²) in [5.41, 5.74) is 4.10. The standard InChI is InChI=1S/C20H26BN3O2/c1-13-8-9-22-18(23-13)24-17-11-15(14-6-7-14)10-16(12-17)21-25-19(2,3)20(4,5)26-21/h6,8-11,17H,7,12H2,1-5H3,(H,22,23,24). The van der Waals surface area contributed by atoms with Crippen LogP contribution < -0.4 is 5.32 Å². The Morgan fingerprint density at radius 3 is 2.50 bits per heavy atom. The summed E-state index contributed by atoms with van der Waals surface area (Å²) in [6.45, 7) is 10.3. The van der Waals surface area contributed by atoms with Crippen molar-refractivity contribution in [2.75, 3.05) is 5.32 Å². The zero-order chi connectivity index (χ0) is 18.5. The van der Waals surface area contributed by atoms with Crippen LogP contribution in [-0.4, -0.2) is 34.3 Å². The minimum atomic E-state index is -0.332. The van der Waals surface area contributed by atoms with Gasteiger partial charge in [0.2, 0.25) is 5.95 Å². The van der Waals surface area contributed by atoms with Gasteiger partial charge in [-0.15, -0.1) is 0 Å². The summed E-state index contributed by atoms with van der Waals surface area (Å²) in [5, 5.41) is 3.45. The lowest BCUT2D eigenvalue weighted by atomic mass is 9.71. The molecule has 1 fully saturated rings. The molecule has 1 aromatic heterocycles. The van der Waals surface area contributed by atoms with Gasteiger partial charge in [-0.2, -0.15) is 0 Å². The zero-order valence-electron chi connectivity index (χ0n) is 16.2. The van der Waals surface area contributed by atoms with Gasteiger partial charge in [-0.05, 0) is 70.1 Å². The molecule has 136 valence electrons. The van der Waals surface area contributed by atoms with Crippen LogP contribution >= 0.6 is 0 Å². The van der Waals surface area contributed by atoms with E-state index in [1.165, 1.54) is 16.6 Å². The molecule has 0 radical (unpaired) electrons. The average molecular weight is 351 g/mol. The molecule has 1 atom stereocenters. The first-order chi connectivity index (χ1) is 12.2. The van der Waals surface area contributed by atoms with Crippen molar-refractivity contribution in [3.05, 3.63) is 52.8 Å². The van der Waals surface area contributed by atoms with E-state index in [0.29, 0.717) is 5.95 Å². The predicted molar refractivity (Wildman–Crippen MR) is 104 cm³/mol. The number of hydrogen-bond donors (Lipinski definition) is 1. The number of allylic oxidation sites excluding steroid dienone is 4. The number of nitrogens with one attached hydrogen (secondary N) is 1. The Kier molecular flexibility index (Phi) is 4.08. The van der Waals surface area contributed by atoms with Gasteiger partial charge in [0.15, 0.2) is 0 Å². The predicted octanol–water partition coefficient (Wildman–Crippen LogP) is 3.78. The highest BCUT2D eigenvalue weighted by Crippen LogP contribution is 2.41. The van der Waals surface area contributed by atoms with Gasteiger partial charge >= 0.3 is 7.12 Å². The number of anilines is 1. The fourth-order valence-electron chi connectivity index (χ4n) is 3.26. The van der Waals surface area contributed by atoms with Crippen LogP contribution in [0.1, 0.15) is 46.2 Å². The van der Waals surface area contributed by atoms with Gasteiger partial charge in [0, 0.05) is 11.9 Å². The van der Waals surface area contributed by atoms with Crippen molar-refractivity contribution in [3.8, 4) is 0 Å². The van der Waals surface area contributed by atoms with E-state index >= 15 is 0 Å². The second-order valence-corrected chi connectivity index (χ2v) is 8.34. The number of aryl methyl sites for hydroxylation is 1. The first-order valence-electron chi connectivity index (χ1n) is 9.27. The molecule has 0 spiro atoms. The van der Waals surface area contributed by atoms with E-state index in [1.807, 2.05) is 13.0 Å². The fraction of sp³-hybridized carbons (Fsp3) is 0.500. The largest absolute Gasteiger partial charge is 0.490 e. The number of nitrogens with zero attached hydrogens (tertiary/aromatic N) is 2. The molecule has 2 aliphatic carbocycles. The van der Waals surface area contributed by atoms with Gasteiger partial charge in [-0.1, -0.05) is 18.2 Å². The summed E-state index contributed by atoms with van der Waals surface area (Å²) >= 11 is 0. The Morgan fingerprint density at radius 2 is 1.88 bits per heavy atom. The minimum Gasteiger partial charge on any atom is -0.400 e. The molecule has 4 rings (SSSR count). The molecule has 1 aliphatic heterocycles. The fourth-order valence-corrected chi connectivity index (χ4v) is 3.26. The lowest BCUT2D eigenvalue weighted by Crippen LogP contribution is -2.41. The summed E-state index contributed by atoms with van der Waals surface area (Å²) in [6.07, 6.45) is 10.4. The van der Waals surface area contributed by atoms with Crippen molar-refractivity contribution in [2.24, 2.45) is 0 Å². The lowest BCUT2D eigenvalue weighted by molar-refractivity contribution is 0.00578. The van der Waals surface area contributed by atoms with Crippen LogP contribution in [0.25, 0.3) is 0 Å². The Labute approximate surface area is 155 Å². The van der Waals surface area contributed by atoms with Gasteiger partial charge < -0.3 is 14.6 Å². The van der Waals surface area contributed by atoms with Gasteiger partial charge in [-0.3, -0.25) is 0 Å². The Balaban J connectivity index is 1.57.